The van der Waals surface area contributed by atoms with Crippen molar-refractivity contribution in [2.45, 2.75) is 0 Å². The molecule has 6 nitrogen and oxygen atoms in total. The van der Waals surface area contributed by atoms with Crippen molar-refractivity contribution < 1.29 is 9.53 Å². The van der Waals surface area contributed by atoms with Crippen molar-refractivity contribution in [3.8, 4) is 5.75 Å². The molecule has 0 fully saturated rings. The van der Waals surface area contributed by atoms with Crippen LogP contribution in [0, 0.1) is 0 Å². The maximum atomic E-state index is 12.4. The van der Waals surface area contributed by atoms with Gasteiger partial charge in [0.05, 0.1) is 12.8 Å². The van der Waals surface area contributed by atoms with Gasteiger partial charge >= 0.3 is 0 Å². The lowest BCUT2D eigenvalue weighted by molar-refractivity contribution is 0.102. The number of rotatable bonds is 5. The highest BCUT2D eigenvalue weighted by Gasteiger charge is 2.10. The molecule has 0 aliphatic heterocycles. The summed E-state index contributed by atoms with van der Waals surface area (Å²) in [4.78, 5) is 20.8. The van der Waals surface area contributed by atoms with Gasteiger partial charge in [0, 0.05) is 16.4 Å². The lowest BCUT2D eigenvalue weighted by Crippen LogP contribution is -2.14. The Labute approximate surface area is 153 Å². The maximum absolute atomic E-state index is 12.4. The van der Waals surface area contributed by atoms with E-state index in [1.54, 1.807) is 25.3 Å². The normalized spacial score (nSPS) is 10.2. The minimum absolute atomic E-state index is 0.260. The molecule has 3 aromatic rings. The zero-order valence-corrected chi connectivity index (χ0v) is 14.9. The van der Waals surface area contributed by atoms with Crippen molar-refractivity contribution in [2.24, 2.45) is 0 Å². The molecule has 0 unspecified atom stereocenters. The van der Waals surface area contributed by atoms with Crippen molar-refractivity contribution in [2.75, 3.05) is 17.7 Å². The SMILES string of the molecule is COc1ccccc1Nc1nccc(C(=O)Nc2ccc(Br)cc2)n1. The number of amides is 1. The molecule has 0 saturated carbocycles. The number of benzene rings is 2. The van der Waals surface area contributed by atoms with Crippen LogP contribution >= 0.6 is 15.9 Å². The third-order valence-corrected chi connectivity index (χ3v) is 3.87. The van der Waals surface area contributed by atoms with Gasteiger partial charge < -0.3 is 15.4 Å². The van der Waals surface area contributed by atoms with Gasteiger partial charge in [0.2, 0.25) is 5.95 Å². The molecule has 0 bridgehead atoms. The number of ether oxygens (including phenoxy) is 1. The average Bonchev–Trinajstić information content (AvgIpc) is 2.64. The maximum Gasteiger partial charge on any atom is 0.274 e. The molecule has 0 spiro atoms. The fourth-order valence-electron chi connectivity index (χ4n) is 2.14. The number of nitrogens with one attached hydrogen (secondary N) is 2. The highest BCUT2D eigenvalue weighted by molar-refractivity contribution is 9.10. The molecule has 0 radical (unpaired) electrons. The number of carbonyl (C=O) groups excluding carboxylic acids is 1. The first-order valence-corrected chi connectivity index (χ1v) is 8.25. The van der Waals surface area contributed by atoms with Crippen LogP contribution in [0.3, 0.4) is 0 Å². The van der Waals surface area contributed by atoms with Crippen LogP contribution in [0.25, 0.3) is 0 Å². The van der Waals surface area contributed by atoms with E-state index in [0.29, 0.717) is 17.4 Å². The molecule has 0 saturated heterocycles. The fraction of sp³-hybridized carbons (Fsp3) is 0.0556. The molecule has 0 aliphatic carbocycles. The van der Waals surface area contributed by atoms with E-state index >= 15 is 0 Å². The van der Waals surface area contributed by atoms with E-state index in [1.807, 2.05) is 36.4 Å². The first-order chi connectivity index (χ1) is 12.2. The number of halogens is 1. The van der Waals surface area contributed by atoms with E-state index in [9.17, 15) is 4.79 Å². The molecule has 3 rings (SSSR count). The van der Waals surface area contributed by atoms with Crippen LogP contribution in [0.2, 0.25) is 0 Å². The fourth-order valence-corrected chi connectivity index (χ4v) is 2.41. The monoisotopic (exact) mass is 398 g/mol. The summed E-state index contributed by atoms with van der Waals surface area (Å²) in [5.74, 6) is 0.663. The second kappa shape index (κ2) is 7.76. The van der Waals surface area contributed by atoms with E-state index < -0.39 is 0 Å². The van der Waals surface area contributed by atoms with Crippen molar-refractivity contribution in [3.63, 3.8) is 0 Å². The molecule has 2 N–H and O–H groups in total. The smallest absolute Gasteiger partial charge is 0.274 e. The van der Waals surface area contributed by atoms with Crippen LogP contribution in [0.15, 0.2) is 65.3 Å². The summed E-state index contributed by atoms with van der Waals surface area (Å²) >= 11 is 3.36. The molecule has 0 atom stereocenters. The summed E-state index contributed by atoms with van der Waals surface area (Å²) in [7, 11) is 1.59. The van der Waals surface area contributed by atoms with E-state index in [0.717, 1.165) is 10.2 Å². The highest BCUT2D eigenvalue weighted by atomic mass is 79.9. The standard InChI is InChI=1S/C18H15BrN4O2/c1-25-16-5-3-2-4-14(16)22-18-20-11-10-15(23-18)17(24)21-13-8-6-12(19)7-9-13/h2-11H,1H3,(H,21,24)(H,20,22,23). The van der Waals surface area contributed by atoms with Gasteiger partial charge in [-0.1, -0.05) is 28.1 Å². The number of methoxy groups -OCH3 is 1. The number of hydrogen-bond donors (Lipinski definition) is 2. The number of aromatic nitrogens is 2. The Morgan fingerprint density at radius 1 is 1.08 bits per heavy atom. The van der Waals surface area contributed by atoms with E-state index in [-0.39, 0.29) is 11.6 Å². The Morgan fingerprint density at radius 3 is 2.60 bits per heavy atom. The number of anilines is 3. The second-order valence-corrected chi connectivity index (χ2v) is 5.97. The molecule has 1 heterocycles. The van der Waals surface area contributed by atoms with Gasteiger partial charge in [-0.3, -0.25) is 4.79 Å². The number of carbonyl (C=O) groups is 1. The Morgan fingerprint density at radius 2 is 1.84 bits per heavy atom. The average molecular weight is 399 g/mol. The van der Waals surface area contributed by atoms with Gasteiger partial charge in [-0.05, 0) is 42.5 Å². The van der Waals surface area contributed by atoms with Crippen LogP contribution in [0.5, 0.6) is 5.75 Å². The number of hydrogen-bond acceptors (Lipinski definition) is 5. The molecular formula is C18H15BrN4O2. The second-order valence-electron chi connectivity index (χ2n) is 5.05. The van der Waals surface area contributed by atoms with Gasteiger partial charge in [-0.15, -0.1) is 0 Å². The zero-order chi connectivity index (χ0) is 17.6. The van der Waals surface area contributed by atoms with Crippen molar-refractivity contribution in [1.82, 2.24) is 9.97 Å². The lowest BCUT2D eigenvalue weighted by atomic mass is 10.3. The summed E-state index contributed by atoms with van der Waals surface area (Å²) in [6.45, 7) is 0. The third-order valence-electron chi connectivity index (χ3n) is 3.34. The molecule has 126 valence electrons. The van der Waals surface area contributed by atoms with Gasteiger partial charge in [0.15, 0.2) is 0 Å². The summed E-state index contributed by atoms with van der Waals surface area (Å²) < 4.78 is 6.22. The number of para-hydroxylation sites is 2. The van der Waals surface area contributed by atoms with E-state index in [1.165, 1.54) is 6.20 Å². The van der Waals surface area contributed by atoms with Gasteiger partial charge in [-0.25, -0.2) is 9.97 Å². The topological polar surface area (TPSA) is 76.1 Å². The zero-order valence-electron chi connectivity index (χ0n) is 13.4. The summed E-state index contributed by atoms with van der Waals surface area (Å²) in [6.07, 6.45) is 1.53. The van der Waals surface area contributed by atoms with Gasteiger partial charge in [0.25, 0.3) is 5.91 Å². The molecular weight excluding hydrogens is 384 g/mol. The van der Waals surface area contributed by atoms with E-state index in [4.69, 9.17) is 4.74 Å². The highest BCUT2D eigenvalue weighted by Crippen LogP contribution is 2.25. The minimum atomic E-state index is -0.312. The Kier molecular flexibility index (Phi) is 5.25. The molecule has 1 amide bonds. The lowest BCUT2D eigenvalue weighted by Gasteiger charge is -2.10. The third kappa shape index (κ3) is 4.33. The van der Waals surface area contributed by atoms with Crippen LogP contribution in [0.1, 0.15) is 10.5 Å². The van der Waals surface area contributed by atoms with Crippen LogP contribution in [0.4, 0.5) is 17.3 Å². The Bertz CT molecular complexity index is 884. The van der Waals surface area contributed by atoms with Crippen molar-refractivity contribution in [3.05, 3.63) is 71.0 Å². The predicted octanol–water partition coefficient (Wildman–Crippen LogP) is 4.24. The molecule has 1 aromatic heterocycles. The van der Waals surface area contributed by atoms with Gasteiger partial charge in [-0.2, -0.15) is 0 Å². The van der Waals surface area contributed by atoms with Crippen LogP contribution in [-0.2, 0) is 0 Å². The summed E-state index contributed by atoms with van der Waals surface area (Å²) in [6, 6.07) is 16.3. The Hall–Kier alpha value is -2.93. The summed E-state index contributed by atoms with van der Waals surface area (Å²) in [5.41, 5.74) is 1.66. The molecule has 7 heteroatoms. The first kappa shape index (κ1) is 16.9. The quantitative estimate of drug-likeness (QED) is 0.671. The molecule has 2 aromatic carbocycles. The largest absolute Gasteiger partial charge is 0.495 e. The Balaban J connectivity index is 1.76. The van der Waals surface area contributed by atoms with Crippen LogP contribution < -0.4 is 15.4 Å². The van der Waals surface area contributed by atoms with Crippen molar-refractivity contribution >= 4 is 39.2 Å². The summed E-state index contributed by atoms with van der Waals surface area (Å²) in [5, 5.41) is 5.85. The number of nitrogens with zero attached hydrogens (tertiary/aromatic N) is 2. The molecule has 0 aliphatic rings. The van der Waals surface area contributed by atoms with Crippen LogP contribution in [-0.4, -0.2) is 23.0 Å². The molecule has 25 heavy (non-hydrogen) atoms. The minimum Gasteiger partial charge on any atom is -0.495 e. The van der Waals surface area contributed by atoms with Gasteiger partial charge in [0.1, 0.15) is 11.4 Å². The first-order valence-electron chi connectivity index (χ1n) is 7.46. The van der Waals surface area contributed by atoms with E-state index in [2.05, 4.69) is 36.5 Å². The van der Waals surface area contributed by atoms with Crippen molar-refractivity contribution in [1.29, 1.82) is 0 Å². The predicted molar refractivity (Wildman–Crippen MR) is 100 cm³/mol.